The molecule has 2 bridgehead atoms. The minimum Gasteiger partial charge on any atom is -0.326 e. The first-order valence-electron chi connectivity index (χ1n) is 10.2. The molecule has 4 heterocycles. The molecule has 6 nitrogen and oxygen atoms in total. The van der Waals surface area contributed by atoms with Crippen molar-refractivity contribution in [1.29, 1.82) is 0 Å². The zero-order chi connectivity index (χ0) is 18.6. The molecule has 3 aliphatic rings. The zero-order valence-corrected chi connectivity index (χ0v) is 16.1. The van der Waals surface area contributed by atoms with Crippen molar-refractivity contribution < 1.29 is 4.79 Å². The summed E-state index contributed by atoms with van der Waals surface area (Å²) in [5.74, 6) is 0.717. The second-order valence-electron chi connectivity index (χ2n) is 7.93. The molecule has 4 unspecified atom stereocenters. The van der Waals surface area contributed by atoms with E-state index in [2.05, 4.69) is 33.6 Å². The third kappa shape index (κ3) is 4.21. The molecular weight excluding hydrogens is 338 g/mol. The lowest BCUT2D eigenvalue weighted by molar-refractivity contribution is -0.127. The first-order valence-corrected chi connectivity index (χ1v) is 10.2. The van der Waals surface area contributed by atoms with Crippen LogP contribution in [0.1, 0.15) is 38.3 Å². The number of hydrogen-bond donors (Lipinski definition) is 1. The molecule has 3 aliphatic heterocycles. The number of rotatable bonds is 7. The van der Waals surface area contributed by atoms with Gasteiger partial charge in [-0.25, -0.2) is 0 Å². The van der Waals surface area contributed by atoms with E-state index in [4.69, 9.17) is 0 Å². The van der Waals surface area contributed by atoms with Gasteiger partial charge in [0.25, 0.3) is 0 Å². The maximum Gasteiger partial charge on any atom is 0.229 e. The van der Waals surface area contributed by atoms with Crippen molar-refractivity contribution in [1.82, 2.24) is 19.9 Å². The maximum atomic E-state index is 12.8. The monoisotopic (exact) mass is 367 g/mol. The van der Waals surface area contributed by atoms with Crippen LogP contribution in [-0.2, 0) is 17.8 Å². The number of aromatic nitrogens is 3. The third-order valence-corrected chi connectivity index (χ3v) is 6.03. The van der Waals surface area contributed by atoms with E-state index in [1.165, 1.54) is 6.42 Å². The van der Waals surface area contributed by atoms with Gasteiger partial charge in [0.05, 0.1) is 18.2 Å². The van der Waals surface area contributed by atoms with Crippen LogP contribution >= 0.6 is 0 Å². The summed E-state index contributed by atoms with van der Waals surface area (Å²) in [7, 11) is 0. The standard InChI is InChI=1S/C21H29N5O/c1-2-3-7-18-13-26(24-23-18)14-19-12-16-10-11-25(19)15-20(16)21(27)22-17-8-5-4-6-9-17/h4-6,8-9,13,16,19-20H,2-3,7,10-12,14-15H2,1H3,(H,22,27). The van der Waals surface area contributed by atoms with Gasteiger partial charge in [-0.3, -0.25) is 14.4 Å². The van der Waals surface area contributed by atoms with Crippen molar-refractivity contribution in [3.05, 3.63) is 42.2 Å². The molecule has 1 aromatic carbocycles. The van der Waals surface area contributed by atoms with Crippen LogP contribution in [0.2, 0.25) is 0 Å². The van der Waals surface area contributed by atoms with Gasteiger partial charge in [-0.1, -0.05) is 36.8 Å². The number of piperidine rings is 3. The summed E-state index contributed by atoms with van der Waals surface area (Å²) in [4.78, 5) is 15.2. The van der Waals surface area contributed by atoms with E-state index in [1.807, 2.05) is 35.0 Å². The Kier molecular flexibility index (Phi) is 5.53. The van der Waals surface area contributed by atoms with Gasteiger partial charge in [-0.15, -0.1) is 5.10 Å². The summed E-state index contributed by atoms with van der Waals surface area (Å²) < 4.78 is 2.00. The molecule has 1 amide bonds. The number of aryl methyl sites for hydroxylation is 1. The maximum absolute atomic E-state index is 12.8. The Morgan fingerprint density at radius 1 is 1.30 bits per heavy atom. The Hall–Kier alpha value is -2.21. The lowest BCUT2D eigenvalue weighted by Crippen LogP contribution is -2.57. The van der Waals surface area contributed by atoms with E-state index >= 15 is 0 Å². The highest BCUT2D eigenvalue weighted by atomic mass is 16.2. The van der Waals surface area contributed by atoms with E-state index in [0.717, 1.165) is 56.7 Å². The van der Waals surface area contributed by atoms with Crippen LogP contribution in [0.25, 0.3) is 0 Å². The largest absolute Gasteiger partial charge is 0.326 e. The molecule has 0 spiro atoms. The van der Waals surface area contributed by atoms with E-state index in [0.29, 0.717) is 12.0 Å². The highest BCUT2D eigenvalue weighted by Crippen LogP contribution is 2.37. The van der Waals surface area contributed by atoms with Crippen molar-refractivity contribution in [3.63, 3.8) is 0 Å². The normalized spacial score (nSPS) is 26.9. The first kappa shape index (κ1) is 18.2. The Bertz CT molecular complexity index is 759. The number of benzene rings is 1. The highest BCUT2D eigenvalue weighted by Gasteiger charge is 2.43. The molecule has 0 aliphatic carbocycles. The predicted molar refractivity (Wildman–Crippen MR) is 105 cm³/mol. The Morgan fingerprint density at radius 2 is 2.15 bits per heavy atom. The third-order valence-electron chi connectivity index (χ3n) is 6.03. The van der Waals surface area contributed by atoms with Crippen LogP contribution in [-0.4, -0.2) is 44.9 Å². The number of amides is 1. The molecule has 0 radical (unpaired) electrons. The fraction of sp³-hybridized carbons (Fsp3) is 0.571. The van der Waals surface area contributed by atoms with Crippen LogP contribution in [0, 0.1) is 11.8 Å². The molecule has 2 aromatic rings. The predicted octanol–water partition coefficient (Wildman–Crippen LogP) is 2.97. The lowest BCUT2D eigenvalue weighted by atomic mass is 9.75. The number of carbonyl (C=O) groups excluding carboxylic acids is 1. The average Bonchev–Trinajstić information content (AvgIpc) is 3.15. The number of hydrogen-bond acceptors (Lipinski definition) is 4. The molecule has 144 valence electrons. The molecule has 5 rings (SSSR count). The quantitative estimate of drug-likeness (QED) is 0.817. The fourth-order valence-corrected chi connectivity index (χ4v) is 4.50. The van der Waals surface area contributed by atoms with Crippen LogP contribution in [0.4, 0.5) is 5.69 Å². The summed E-state index contributed by atoms with van der Waals surface area (Å²) in [5, 5.41) is 11.7. The van der Waals surface area contributed by atoms with E-state index in [1.54, 1.807) is 0 Å². The number of nitrogens with one attached hydrogen (secondary N) is 1. The number of unbranched alkanes of at least 4 members (excludes halogenated alkanes) is 1. The minimum absolute atomic E-state index is 0.0890. The van der Waals surface area contributed by atoms with E-state index < -0.39 is 0 Å². The molecule has 1 N–H and O–H groups in total. The first-order chi connectivity index (χ1) is 13.2. The lowest BCUT2D eigenvalue weighted by Gasteiger charge is -2.49. The van der Waals surface area contributed by atoms with Crippen molar-refractivity contribution in [2.24, 2.45) is 11.8 Å². The number of fused-ring (bicyclic) bond motifs is 3. The zero-order valence-electron chi connectivity index (χ0n) is 16.1. The van der Waals surface area contributed by atoms with Gasteiger partial charge in [0.2, 0.25) is 5.91 Å². The van der Waals surface area contributed by atoms with Crippen LogP contribution in [0.15, 0.2) is 36.5 Å². The summed E-state index contributed by atoms with van der Waals surface area (Å²) in [6, 6.07) is 10.2. The number of anilines is 1. The summed E-state index contributed by atoms with van der Waals surface area (Å²) in [6.45, 7) is 5.01. The fourth-order valence-electron chi connectivity index (χ4n) is 4.50. The van der Waals surface area contributed by atoms with Gasteiger partial charge in [0.15, 0.2) is 0 Å². The molecule has 0 saturated carbocycles. The van der Waals surface area contributed by atoms with Gasteiger partial charge in [0.1, 0.15) is 0 Å². The second kappa shape index (κ2) is 8.21. The summed E-state index contributed by atoms with van der Waals surface area (Å²) >= 11 is 0. The van der Waals surface area contributed by atoms with Crippen molar-refractivity contribution in [3.8, 4) is 0 Å². The second-order valence-corrected chi connectivity index (χ2v) is 7.93. The summed E-state index contributed by atoms with van der Waals surface area (Å²) in [5.41, 5.74) is 1.98. The van der Waals surface area contributed by atoms with Gasteiger partial charge >= 0.3 is 0 Å². The number of nitrogens with zero attached hydrogens (tertiary/aromatic N) is 4. The number of para-hydroxylation sites is 1. The Balaban J connectivity index is 1.34. The van der Waals surface area contributed by atoms with Gasteiger partial charge in [0, 0.05) is 24.5 Å². The van der Waals surface area contributed by atoms with Crippen LogP contribution < -0.4 is 5.32 Å². The van der Waals surface area contributed by atoms with Gasteiger partial charge in [-0.05, 0) is 50.3 Å². The highest BCUT2D eigenvalue weighted by molar-refractivity contribution is 5.93. The van der Waals surface area contributed by atoms with Crippen molar-refractivity contribution in [2.75, 3.05) is 18.4 Å². The molecule has 3 fully saturated rings. The van der Waals surface area contributed by atoms with Gasteiger partial charge < -0.3 is 5.32 Å². The summed E-state index contributed by atoms with van der Waals surface area (Å²) in [6.07, 6.45) is 7.62. The van der Waals surface area contributed by atoms with E-state index in [-0.39, 0.29) is 11.8 Å². The van der Waals surface area contributed by atoms with Crippen molar-refractivity contribution in [2.45, 2.75) is 51.6 Å². The van der Waals surface area contributed by atoms with E-state index in [9.17, 15) is 4.79 Å². The number of carbonyl (C=O) groups is 1. The van der Waals surface area contributed by atoms with Crippen molar-refractivity contribution >= 4 is 11.6 Å². The Labute approximate surface area is 160 Å². The van der Waals surface area contributed by atoms with Gasteiger partial charge in [-0.2, -0.15) is 0 Å². The molecule has 3 saturated heterocycles. The average molecular weight is 367 g/mol. The molecule has 6 heteroatoms. The molecule has 4 atom stereocenters. The molecular formula is C21H29N5O. The Morgan fingerprint density at radius 3 is 2.89 bits per heavy atom. The smallest absolute Gasteiger partial charge is 0.229 e. The SMILES string of the molecule is CCCCc1cn(CC2CC3CCN2CC3C(=O)Nc2ccccc2)nn1. The molecule has 27 heavy (non-hydrogen) atoms. The minimum atomic E-state index is 0.0890. The topological polar surface area (TPSA) is 63.1 Å². The molecule has 1 aromatic heterocycles. The van der Waals surface area contributed by atoms with Crippen LogP contribution in [0.5, 0.6) is 0 Å². The van der Waals surface area contributed by atoms with Crippen LogP contribution in [0.3, 0.4) is 0 Å².